The first kappa shape index (κ1) is 17.8. The van der Waals surface area contributed by atoms with E-state index in [1.807, 2.05) is 4.90 Å². The topological polar surface area (TPSA) is 84.2 Å². The molecule has 2 saturated heterocycles. The molecule has 0 saturated carbocycles. The Balaban J connectivity index is 1.82. The van der Waals surface area contributed by atoms with Gasteiger partial charge in [-0.3, -0.25) is 9.69 Å². The number of hydrogen-bond donors (Lipinski definition) is 3. The summed E-state index contributed by atoms with van der Waals surface area (Å²) in [4.78, 5) is 16.0. The molecule has 1 aromatic rings. The fraction of sp³-hybridized carbons (Fsp3) is 0.562. The Hall–Kier alpha value is -1.05. The minimum absolute atomic E-state index is 0.0358. The van der Waals surface area contributed by atoms with Gasteiger partial charge in [-0.2, -0.15) is 0 Å². The van der Waals surface area contributed by atoms with Crippen molar-refractivity contribution in [2.75, 3.05) is 32.8 Å². The number of halogens is 2. The van der Waals surface area contributed by atoms with Crippen molar-refractivity contribution in [2.45, 2.75) is 24.4 Å². The lowest BCUT2D eigenvalue weighted by atomic mass is 9.95. The number of aromatic hydroxyl groups is 1. The van der Waals surface area contributed by atoms with Gasteiger partial charge in [-0.05, 0) is 18.6 Å². The molecule has 6 nitrogen and oxygen atoms in total. The van der Waals surface area contributed by atoms with Gasteiger partial charge in [-0.25, -0.2) is 0 Å². The van der Waals surface area contributed by atoms with Crippen molar-refractivity contribution in [3.63, 3.8) is 0 Å². The molecule has 2 fully saturated rings. The van der Waals surface area contributed by atoms with Crippen LogP contribution in [0.4, 0.5) is 0 Å². The zero-order chi connectivity index (χ0) is 17.4. The maximum absolute atomic E-state index is 12.4. The van der Waals surface area contributed by atoms with E-state index in [1.165, 1.54) is 6.07 Å². The SMILES string of the molecule is O=C1CN(C(CO)CO)C[C@@H]2C[C@H](c3c(O)ccc(Cl)c3Cl)CN12. The van der Waals surface area contributed by atoms with Gasteiger partial charge in [0.15, 0.2) is 0 Å². The molecular weight excluding hydrogens is 355 g/mol. The summed E-state index contributed by atoms with van der Waals surface area (Å²) in [5.41, 5.74) is 0.582. The van der Waals surface area contributed by atoms with E-state index in [2.05, 4.69) is 0 Å². The molecule has 24 heavy (non-hydrogen) atoms. The van der Waals surface area contributed by atoms with E-state index in [-0.39, 0.29) is 43.4 Å². The van der Waals surface area contributed by atoms with Crippen LogP contribution >= 0.6 is 23.2 Å². The van der Waals surface area contributed by atoms with Gasteiger partial charge in [-0.1, -0.05) is 23.2 Å². The monoisotopic (exact) mass is 374 g/mol. The van der Waals surface area contributed by atoms with E-state index in [1.54, 1.807) is 11.0 Å². The molecule has 3 rings (SSSR count). The summed E-state index contributed by atoms with van der Waals surface area (Å²) in [7, 11) is 0. The van der Waals surface area contributed by atoms with Gasteiger partial charge in [-0.15, -0.1) is 0 Å². The minimum atomic E-state index is -0.432. The second-order valence-electron chi connectivity index (χ2n) is 6.38. The number of carbonyl (C=O) groups excluding carboxylic acids is 1. The molecule has 132 valence electrons. The van der Waals surface area contributed by atoms with Crippen LogP contribution in [-0.2, 0) is 4.79 Å². The maximum Gasteiger partial charge on any atom is 0.237 e. The van der Waals surface area contributed by atoms with E-state index < -0.39 is 6.04 Å². The van der Waals surface area contributed by atoms with Gasteiger partial charge in [0.1, 0.15) is 5.75 Å². The Morgan fingerprint density at radius 1 is 1.21 bits per heavy atom. The summed E-state index contributed by atoms with van der Waals surface area (Å²) in [6, 6.07) is 2.60. The lowest BCUT2D eigenvalue weighted by Gasteiger charge is -2.39. The van der Waals surface area contributed by atoms with Crippen LogP contribution in [0.25, 0.3) is 0 Å². The smallest absolute Gasteiger partial charge is 0.237 e. The number of piperazine rings is 1. The van der Waals surface area contributed by atoms with Crippen LogP contribution in [0.3, 0.4) is 0 Å². The predicted octanol–water partition coefficient (Wildman–Crippen LogP) is 1.05. The van der Waals surface area contributed by atoms with Crippen LogP contribution in [0.1, 0.15) is 17.9 Å². The molecular formula is C16H20Cl2N2O4. The number of aliphatic hydroxyl groups excluding tert-OH is 2. The minimum Gasteiger partial charge on any atom is -0.508 e. The van der Waals surface area contributed by atoms with Crippen molar-refractivity contribution < 1.29 is 20.1 Å². The molecule has 2 aliphatic rings. The Morgan fingerprint density at radius 2 is 1.92 bits per heavy atom. The predicted molar refractivity (Wildman–Crippen MR) is 90.5 cm³/mol. The molecule has 0 aliphatic carbocycles. The van der Waals surface area contributed by atoms with E-state index in [4.69, 9.17) is 23.2 Å². The Bertz CT molecular complexity index is 639. The molecule has 0 spiro atoms. The first-order valence-electron chi connectivity index (χ1n) is 7.88. The normalized spacial score (nSPS) is 24.7. The molecule has 8 heteroatoms. The third-order valence-electron chi connectivity index (χ3n) is 4.97. The number of carbonyl (C=O) groups is 1. The molecule has 2 heterocycles. The summed E-state index contributed by atoms with van der Waals surface area (Å²) < 4.78 is 0. The molecule has 1 amide bonds. The van der Waals surface area contributed by atoms with E-state index in [0.29, 0.717) is 35.1 Å². The zero-order valence-corrected chi connectivity index (χ0v) is 14.5. The first-order valence-corrected chi connectivity index (χ1v) is 8.64. The standard InChI is InChI=1S/C16H20Cl2N2O4/c17-12-1-2-13(23)15(16(12)18)9-3-10-5-19(11(7-21)8-22)6-14(24)20(10)4-9/h1-2,9-11,21-23H,3-8H2/t9-,10-/m0/s1. The molecule has 0 unspecified atom stereocenters. The summed E-state index contributed by atoms with van der Waals surface area (Å²) >= 11 is 12.3. The highest BCUT2D eigenvalue weighted by Gasteiger charge is 2.43. The summed E-state index contributed by atoms with van der Waals surface area (Å²) in [5, 5.41) is 29.6. The van der Waals surface area contributed by atoms with Gasteiger partial charge in [0.25, 0.3) is 0 Å². The lowest BCUT2D eigenvalue weighted by molar-refractivity contribution is -0.139. The number of hydrogen-bond acceptors (Lipinski definition) is 5. The zero-order valence-electron chi connectivity index (χ0n) is 13.0. The van der Waals surface area contributed by atoms with Crippen LogP contribution in [0.15, 0.2) is 12.1 Å². The van der Waals surface area contributed by atoms with Crippen LogP contribution in [0.2, 0.25) is 10.0 Å². The molecule has 3 N–H and O–H groups in total. The first-order chi connectivity index (χ1) is 11.5. The largest absolute Gasteiger partial charge is 0.508 e. The second kappa shape index (κ2) is 7.06. The van der Waals surface area contributed by atoms with Crippen molar-refractivity contribution >= 4 is 29.1 Å². The number of phenols is 1. The molecule has 1 aromatic carbocycles. The highest BCUT2D eigenvalue weighted by atomic mass is 35.5. The molecule has 0 bridgehead atoms. The second-order valence-corrected chi connectivity index (χ2v) is 7.16. The van der Waals surface area contributed by atoms with Crippen molar-refractivity contribution in [1.29, 1.82) is 0 Å². The lowest BCUT2D eigenvalue weighted by Crippen LogP contribution is -2.57. The fourth-order valence-corrected chi connectivity index (χ4v) is 4.19. The third-order valence-corrected chi connectivity index (χ3v) is 5.79. The summed E-state index contributed by atoms with van der Waals surface area (Å²) in [6.07, 6.45) is 0.652. The Labute approximate surface area is 150 Å². The maximum atomic E-state index is 12.4. The number of rotatable bonds is 4. The van der Waals surface area contributed by atoms with Gasteiger partial charge < -0.3 is 20.2 Å². The highest BCUT2D eigenvalue weighted by molar-refractivity contribution is 6.42. The molecule has 0 radical (unpaired) electrons. The van der Waals surface area contributed by atoms with Crippen LogP contribution in [-0.4, -0.2) is 76.0 Å². The fourth-order valence-electron chi connectivity index (χ4n) is 3.72. The average molecular weight is 375 g/mol. The van der Waals surface area contributed by atoms with E-state index >= 15 is 0 Å². The summed E-state index contributed by atoms with van der Waals surface area (Å²) in [6.45, 7) is 0.840. The number of amides is 1. The quantitative estimate of drug-likeness (QED) is 0.733. The molecule has 2 aliphatic heterocycles. The Kier molecular flexibility index (Phi) is 5.22. The Morgan fingerprint density at radius 3 is 2.58 bits per heavy atom. The third kappa shape index (κ3) is 3.09. The van der Waals surface area contributed by atoms with Crippen molar-refractivity contribution in [1.82, 2.24) is 9.80 Å². The van der Waals surface area contributed by atoms with E-state index in [9.17, 15) is 20.1 Å². The highest BCUT2D eigenvalue weighted by Crippen LogP contribution is 2.43. The number of fused-ring (bicyclic) bond motifs is 1. The molecule has 0 aromatic heterocycles. The number of phenolic OH excluding ortho intramolecular Hbond substituents is 1. The van der Waals surface area contributed by atoms with Gasteiger partial charge in [0, 0.05) is 30.6 Å². The number of nitrogens with zero attached hydrogens (tertiary/aromatic N) is 2. The summed E-state index contributed by atoms with van der Waals surface area (Å²) in [5.74, 6) is -0.0489. The van der Waals surface area contributed by atoms with Crippen LogP contribution < -0.4 is 0 Å². The van der Waals surface area contributed by atoms with Gasteiger partial charge in [0.2, 0.25) is 5.91 Å². The van der Waals surface area contributed by atoms with Crippen molar-refractivity contribution in [2.24, 2.45) is 0 Å². The van der Waals surface area contributed by atoms with Gasteiger partial charge >= 0.3 is 0 Å². The number of aliphatic hydroxyl groups is 2. The van der Waals surface area contributed by atoms with E-state index in [0.717, 1.165) is 0 Å². The molecule has 2 atom stereocenters. The van der Waals surface area contributed by atoms with Crippen molar-refractivity contribution in [3.8, 4) is 5.75 Å². The van der Waals surface area contributed by atoms with Crippen LogP contribution in [0.5, 0.6) is 5.75 Å². The van der Waals surface area contributed by atoms with Gasteiger partial charge in [0.05, 0.1) is 35.8 Å². The van der Waals surface area contributed by atoms with Crippen LogP contribution in [0, 0.1) is 0 Å². The average Bonchev–Trinajstić information content (AvgIpc) is 2.97. The number of benzene rings is 1. The van der Waals surface area contributed by atoms with Crippen molar-refractivity contribution in [3.05, 3.63) is 27.7 Å².